The average molecular weight is 249 g/mol. The summed E-state index contributed by atoms with van der Waals surface area (Å²) in [5.74, 6) is 0. The second-order valence-corrected chi connectivity index (χ2v) is 4.07. The normalized spacial score (nSPS) is 18.3. The van der Waals surface area contributed by atoms with Gasteiger partial charge in [0.15, 0.2) is 0 Å². The molecule has 4 nitrogen and oxygen atoms in total. The van der Waals surface area contributed by atoms with Crippen molar-refractivity contribution in [3.05, 3.63) is 12.4 Å². The molecule has 96 valence electrons. The molecule has 7 heteroatoms. The average Bonchev–Trinajstić information content (AvgIpc) is 2.64. The Morgan fingerprint density at radius 3 is 2.76 bits per heavy atom. The van der Waals surface area contributed by atoms with Gasteiger partial charge in [0.2, 0.25) is 0 Å². The second-order valence-electron chi connectivity index (χ2n) is 4.07. The number of alkyl halides is 3. The van der Waals surface area contributed by atoms with Crippen molar-refractivity contribution in [2.24, 2.45) is 0 Å². The number of rotatable bonds is 3. The van der Waals surface area contributed by atoms with E-state index in [0.717, 1.165) is 17.5 Å². The van der Waals surface area contributed by atoms with E-state index in [0.29, 0.717) is 18.9 Å². The summed E-state index contributed by atoms with van der Waals surface area (Å²) in [5.41, 5.74) is 0.626. The van der Waals surface area contributed by atoms with Crippen LogP contribution in [0.2, 0.25) is 0 Å². The number of halogens is 3. The third-order valence-electron chi connectivity index (χ3n) is 2.57. The molecule has 17 heavy (non-hydrogen) atoms. The molecular weight excluding hydrogens is 235 g/mol. The maximum absolute atomic E-state index is 12.1. The molecule has 1 aliphatic rings. The van der Waals surface area contributed by atoms with Gasteiger partial charge in [-0.1, -0.05) is 0 Å². The van der Waals surface area contributed by atoms with Crippen molar-refractivity contribution in [1.82, 2.24) is 9.78 Å². The van der Waals surface area contributed by atoms with E-state index < -0.39 is 12.7 Å². The second kappa shape index (κ2) is 4.95. The molecule has 0 aromatic carbocycles. The van der Waals surface area contributed by atoms with Crippen LogP contribution in [0.1, 0.15) is 12.8 Å². The molecule has 2 heterocycles. The number of hydrogen-bond acceptors (Lipinski definition) is 3. The number of nitrogens with one attached hydrogen (secondary N) is 1. The molecule has 1 fully saturated rings. The van der Waals surface area contributed by atoms with Crippen LogP contribution in [-0.4, -0.2) is 35.2 Å². The highest BCUT2D eigenvalue weighted by atomic mass is 19.4. The van der Waals surface area contributed by atoms with Crippen LogP contribution < -0.4 is 5.32 Å². The molecule has 0 spiro atoms. The number of nitrogens with zero attached hydrogens (tertiary/aromatic N) is 2. The van der Waals surface area contributed by atoms with E-state index in [2.05, 4.69) is 10.4 Å². The van der Waals surface area contributed by atoms with Crippen LogP contribution in [0.15, 0.2) is 12.4 Å². The van der Waals surface area contributed by atoms with Gasteiger partial charge in [0.05, 0.1) is 11.9 Å². The molecule has 0 atom stereocenters. The Morgan fingerprint density at radius 1 is 1.41 bits per heavy atom. The van der Waals surface area contributed by atoms with Crippen LogP contribution in [0.3, 0.4) is 0 Å². The Balaban J connectivity index is 1.89. The van der Waals surface area contributed by atoms with Crippen LogP contribution in [0.25, 0.3) is 0 Å². The molecule has 0 saturated carbocycles. The smallest absolute Gasteiger partial charge is 0.381 e. The minimum Gasteiger partial charge on any atom is -0.381 e. The van der Waals surface area contributed by atoms with E-state index in [4.69, 9.17) is 4.74 Å². The first-order chi connectivity index (χ1) is 8.03. The largest absolute Gasteiger partial charge is 0.408 e. The minimum atomic E-state index is -4.23. The summed E-state index contributed by atoms with van der Waals surface area (Å²) in [6, 6.07) is 0.257. The highest BCUT2D eigenvalue weighted by molar-refractivity contribution is 5.39. The summed E-state index contributed by atoms with van der Waals surface area (Å²) in [7, 11) is 0. The third-order valence-corrected chi connectivity index (χ3v) is 2.57. The van der Waals surface area contributed by atoms with Gasteiger partial charge in [0.25, 0.3) is 0 Å². The zero-order valence-corrected chi connectivity index (χ0v) is 9.20. The van der Waals surface area contributed by atoms with Gasteiger partial charge in [0, 0.05) is 25.5 Å². The van der Waals surface area contributed by atoms with Gasteiger partial charge < -0.3 is 10.1 Å². The van der Waals surface area contributed by atoms with Gasteiger partial charge in [-0.2, -0.15) is 18.3 Å². The zero-order chi connectivity index (χ0) is 12.3. The van der Waals surface area contributed by atoms with Crippen molar-refractivity contribution >= 4 is 5.69 Å². The fourth-order valence-corrected chi connectivity index (χ4v) is 1.79. The highest BCUT2D eigenvalue weighted by Crippen LogP contribution is 2.19. The van der Waals surface area contributed by atoms with Crippen LogP contribution in [0.4, 0.5) is 18.9 Å². The summed E-state index contributed by atoms with van der Waals surface area (Å²) in [4.78, 5) is 0. The SMILES string of the molecule is FC(F)(F)Cn1cc(NC2CCOCC2)cn1. The van der Waals surface area contributed by atoms with Gasteiger partial charge >= 0.3 is 6.18 Å². The first kappa shape index (κ1) is 12.2. The Bertz CT molecular complexity index is 358. The van der Waals surface area contributed by atoms with Gasteiger partial charge in [-0.3, -0.25) is 4.68 Å². The molecule has 1 aromatic rings. The molecule has 0 radical (unpaired) electrons. The number of hydrogen-bond donors (Lipinski definition) is 1. The van der Waals surface area contributed by atoms with E-state index in [-0.39, 0.29) is 6.04 Å². The summed E-state index contributed by atoms with van der Waals surface area (Å²) >= 11 is 0. The first-order valence-electron chi connectivity index (χ1n) is 5.46. The monoisotopic (exact) mass is 249 g/mol. The Morgan fingerprint density at radius 2 is 2.12 bits per heavy atom. The number of anilines is 1. The van der Waals surface area contributed by atoms with Gasteiger partial charge in [-0.05, 0) is 12.8 Å². The number of aromatic nitrogens is 2. The molecule has 1 aromatic heterocycles. The molecule has 1 aliphatic heterocycles. The van der Waals surface area contributed by atoms with Gasteiger partial charge in [-0.15, -0.1) is 0 Å². The summed E-state index contributed by atoms with van der Waals surface area (Å²) in [6.07, 6.45) is 0.293. The fraction of sp³-hybridized carbons (Fsp3) is 0.700. The highest BCUT2D eigenvalue weighted by Gasteiger charge is 2.28. The minimum absolute atomic E-state index is 0.257. The molecular formula is C10H14F3N3O. The summed E-state index contributed by atoms with van der Waals surface area (Å²) in [5, 5.41) is 6.83. The van der Waals surface area contributed by atoms with Crippen molar-refractivity contribution < 1.29 is 17.9 Å². The summed E-state index contributed by atoms with van der Waals surface area (Å²) < 4.78 is 42.4. The lowest BCUT2D eigenvalue weighted by molar-refractivity contribution is -0.142. The van der Waals surface area contributed by atoms with Gasteiger partial charge in [-0.25, -0.2) is 0 Å². The van der Waals surface area contributed by atoms with E-state index in [1.165, 1.54) is 12.4 Å². The molecule has 0 aliphatic carbocycles. The van der Waals surface area contributed by atoms with Crippen LogP contribution in [0, 0.1) is 0 Å². The van der Waals surface area contributed by atoms with Crippen molar-refractivity contribution in [2.45, 2.75) is 31.6 Å². The van der Waals surface area contributed by atoms with Crippen molar-refractivity contribution in [2.75, 3.05) is 18.5 Å². The van der Waals surface area contributed by atoms with Crippen molar-refractivity contribution in [3.63, 3.8) is 0 Å². The molecule has 0 bridgehead atoms. The van der Waals surface area contributed by atoms with E-state index >= 15 is 0 Å². The predicted molar refractivity (Wildman–Crippen MR) is 55.7 cm³/mol. The van der Waals surface area contributed by atoms with Gasteiger partial charge in [0.1, 0.15) is 6.54 Å². The molecule has 0 unspecified atom stereocenters. The standard InChI is InChI=1S/C10H14F3N3O/c11-10(12,13)7-16-6-9(5-14-16)15-8-1-3-17-4-2-8/h5-6,8,15H,1-4,7H2. The van der Waals surface area contributed by atoms with E-state index in [9.17, 15) is 13.2 Å². The molecule has 1 saturated heterocycles. The van der Waals surface area contributed by atoms with Crippen molar-refractivity contribution in [3.8, 4) is 0 Å². The molecule has 2 rings (SSSR count). The van der Waals surface area contributed by atoms with Crippen molar-refractivity contribution in [1.29, 1.82) is 0 Å². The first-order valence-corrected chi connectivity index (χ1v) is 5.46. The predicted octanol–water partition coefficient (Wildman–Crippen LogP) is 2.04. The topological polar surface area (TPSA) is 39.1 Å². The Hall–Kier alpha value is -1.24. The molecule has 1 N–H and O–H groups in total. The third kappa shape index (κ3) is 3.92. The maximum atomic E-state index is 12.1. The molecule has 0 amide bonds. The number of ether oxygens (including phenoxy) is 1. The Labute approximate surface area is 96.7 Å². The van der Waals surface area contributed by atoms with Crippen LogP contribution >= 0.6 is 0 Å². The lowest BCUT2D eigenvalue weighted by Crippen LogP contribution is -2.27. The quantitative estimate of drug-likeness (QED) is 0.891. The fourth-order valence-electron chi connectivity index (χ4n) is 1.79. The van der Waals surface area contributed by atoms with Crippen LogP contribution in [-0.2, 0) is 11.3 Å². The Kier molecular flexibility index (Phi) is 3.56. The van der Waals surface area contributed by atoms with Crippen LogP contribution in [0.5, 0.6) is 0 Å². The maximum Gasteiger partial charge on any atom is 0.408 e. The summed E-state index contributed by atoms with van der Waals surface area (Å²) in [6.45, 7) is 0.325. The lowest BCUT2D eigenvalue weighted by atomic mass is 10.1. The zero-order valence-electron chi connectivity index (χ0n) is 9.20. The van der Waals surface area contributed by atoms with E-state index in [1.807, 2.05) is 0 Å². The lowest BCUT2D eigenvalue weighted by Gasteiger charge is -2.23. The van der Waals surface area contributed by atoms with E-state index in [1.54, 1.807) is 0 Å².